The minimum Gasteiger partial charge on any atom is -0.269 e. The summed E-state index contributed by atoms with van der Waals surface area (Å²) in [7, 11) is -5.02. The molecule has 0 spiro atoms. The van der Waals surface area contributed by atoms with Gasteiger partial charge in [0.1, 0.15) is 0 Å². The van der Waals surface area contributed by atoms with Crippen LogP contribution in [0, 0.1) is 0 Å². The fourth-order valence-corrected chi connectivity index (χ4v) is 5.37. The Hall–Kier alpha value is -2.28. The van der Waals surface area contributed by atoms with Gasteiger partial charge in [0.05, 0.1) is 11.9 Å². The number of halogens is 9. The third kappa shape index (κ3) is 4.28. The van der Waals surface area contributed by atoms with Crippen molar-refractivity contribution in [1.29, 1.82) is 0 Å². The van der Waals surface area contributed by atoms with Crippen LogP contribution >= 0.6 is 0 Å². The second kappa shape index (κ2) is 8.43. The number of alkyl halides is 9. The van der Waals surface area contributed by atoms with Gasteiger partial charge in [0.15, 0.2) is 0 Å². The molecule has 1 heterocycles. The molecule has 1 unspecified atom stereocenters. The molecule has 188 valence electrons. The number of hydrogen-bond acceptors (Lipinski definition) is 3. The highest BCUT2D eigenvalue weighted by Gasteiger charge is 2.81. The highest BCUT2D eigenvalue weighted by molar-refractivity contribution is 7.87. The summed E-state index contributed by atoms with van der Waals surface area (Å²) in [5.41, 5.74) is -0.801. The lowest BCUT2D eigenvalue weighted by molar-refractivity contribution is -0.396. The Balaban J connectivity index is 2.07. The van der Waals surface area contributed by atoms with Gasteiger partial charge < -0.3 is 0 Å². The standard InChI is InChI=1S/C21H17F9O3S/c22-18(23,19(24,25)20(26,27)21(28,29)30)12-16-11-17(13-33-34(16,31)32,14-7-3-1-4-8-14)15-9-5-2-6-10-15/h1-10,16H,11-13H2. The monoisotopic (exact) mass is 520 g/mol. The Morgan fingerprint density at radius 2 is 1.21 bits per heavy atom. The van der Waals surface area contributed by atoms with Gasteiger partial charge in [0, 0.05) is 11.8 Å². The molecule has 13 heteroatoms. The molecular weight excluding hydrogens is 503 g/mol. The van der Waals surface area contributed by atoms with Crippen LogP contribution in [0.2, 0.25) is 0 Å². The number of rotatable bonds is 6. The van der Waals surface area contributed by atoms with Crippen LogP contribution in [-0.4, -0.2) is 44.2 Å². The van der Waals surface area contributed by atoms with E-state index in [0.717, 1.165) is 0 Å². The summed E-state index contributed by atoms with van der Waals surface area (Å²) < 4.78 is 150. The van der Waals surface area contributed by atoms with Crippen LogP contribution in [0.1, 0.15) is 24.0 Å². The predicted molar refractivity (Wildman–Crippen MR) is 102 cm³/mol. The Labute approximate surface area is 188 Å². The van der Waals surface area contributed by atoms with Crippen molar-refractivity contribution in [2.45, 2.75) is 47.5 Å². The topological polar surface area (TPSA) is 43.4 Å². The van der Waals surface area contributed by atoms with Crippen LogP contribution in [0.4, 0.5) is 39.5 Å². The quantitative estimate of drug-likeness (QED) is 0.349. The van der Waals surface area contributed by atoms with Gasteiger partial charge >= 0.3 is 23.9 Å². The number of hydrogen-bond donors (Lipinski definition) is 0. The highest BCUT2D eigenvalue weighted by Crippen LogP contribution is 2.55. The van der Waals surface area contributed by atoms with Gasteiger partial charge in [-0.25, -0.2) is 0 Å². The maximum Gasteiger partial charge on any atom is 0.460 e. The van der Waals surface area contributed by atoms with E-state index in [0.29, 0.717) is 11.1 Å². The molecule has 1 fully saturated rings. The summed E-state index contributed by atoms with van der Waals surface area (Å²) in [6, 6.07) is 15.3. The molecule has 1 saturated heterocycles. The van der Waals surface area contributed by atoms with Crippen LogP contribution < -0.4 is 0 Å². The molecule has 0 radical (unpaired) electrons. The molecule has 0 bridgehead atoms. The van der Waals surface area contributed by atoms with Gasteiger partial charge in [-0.3, -0.25) is 4.18 Å². The predicted octanol–water partition coefficient (Wildman–Crippen LogP) is 5.95. The van der Waals surface area contributed by atoms with Crippen molar-refractivity contribution in [3.8, 4) is 0 Å². The van der Waals surface area contributed by atoms with Crippen molar-refractivity contribution >= 4 is 10.1 Å². The third-order valence-electron chi connectivity index (χ3n) is 5.80. The Morgan fingerprint density at radius 1 is 0.765 bits per heavy atom. The summed E-state index contributed by atoms with van der Waals surface area (Å²) in [4.78, 5) is 0. The van der Waals surface area contributed by atoms with Crippen molar-refractivity contribution < 1.29 is 52.1 Å². The van der Waals surface area contributed by atoms with Crippen molar-refractivity contribution in [3.05, 3.63) is 71.8 Å². The van der Waals surface area contributed by atoms with E-state index in [1.54, 1.807) is 12.1 Å². The Kier molecular flexibility index (Phi) is 6.53. The van der Waals surface area contributed by atoms with Gasteiger partial charge in [-0.05, 0) is 17.5 Å². The second-order valence-corrected chi connectivity index (χ2v) is 9.84. The molecule has 3 nitrogen and oxygen atoms in total. The fourth-order valence-electron chi connectivity index (χ4n) is 3.91. The molecule has 2 aromatic rings. The first-order valence-electron chi connectivity index (χ1n) is 9.67. The summed E-state index contributed by atoms with van der Waals surface area (Å²) in [6.45, 7) is -0.624. The average molecular weight is 520 g/mol. The van der Waals surface area contributed by atoms with Crippen molar-refractivity contribution in [2.75, 3.05) is 6.61 Å². The molecule has 3 rings (SSSR count). The Bertz CT molecular complexity index is 1060. The molecular formula is C21H17F9O3S. The van der Waals surface area contributed by atoms with E-state index in [9.17, 15) is 47.9 Å². The van der Waals surface area contributed by atoms with Crippen LogP contribution in [-0.2, 0) is 19.7 Å². The molecule has 0 N–H and O–H groups in total. The lowest BCUT2D eigenvalue weighted by Crippen LogP contribution is -2.62. The molecule has 0 aliphatic carbocycles. The van der Waals surface area contributed by atoms with Gasteiger partial charge in [-0.15, -0.1) is 0 Å². The Morgan fingerprint density at radius 3 is 1.62 bits per heavy atom. The van der Waals surface area contributed by atoms with E-state index in [4.69, 9.17) is 4.18 Å². The summed E-state index contributed by atoms with van der Waals surface area (Å²) in [6.07, 6.45) is -10.3. The van der Waals surface area contributed by atoms with Crippen LogP contribution in [0.3, 0.4) is 0 Å². The van der Waals surface area contributed by atoms with Crippen LogP contribution in [0.25, 0.3) is 0 Å². The summed E-state index contributed by atoms with van der Waals surface area (Å²) >= 11 is 0. The van der Waals surface area contributed by atoms with Gasteiger partial charge in [0.25, 0.3) is 10.1 Å². The molecule has 0 amide bonds. The molecule has 0 aromatic heterocycles. The maximum absolute atomic E-state index is 14.4. The SMILES string of the molecule is O=S1(=O)OCC(c2ccccc2)(c2ccccc2)CC1CC(F)(F)C(F)(F)C(F)(F)C(F)(F)F. The molecule has 1 aliphatic rings. The van der Waals surface area contributed by atoms with Crippen LogP contribution in [0.15, 0.2) is 60.7 Å². The zero-order valence-corrected chi connectivity index (χ0v) is 17.8. The highest BCUT2D eigenvalue weighted by atomic mass is 32.2. The smallest absolute Gasteiger partial charge is 0.269 e. The lowest BCUT2D eigenvalue weighted by Gasteiger charge is -2.42. The lowest BCUT2D eigenvalue weighted by atomic mass is 9.71. The van der Waals surface area contributed by atoms with Crippen molar-refractivity contribution in [3.63, 3.8) is 0 Å². The average Bonchev–Trinajstić information content (AvgIpc) is 2.75. The van der Waals surface area contributed by atoms with E-state index in [1.807, 2.05) is 0 Å². The molecule has 2 aromatic carbocycles. The van der Waals surface area contributed by atoms with E-state index in [1.165, 1.54) is 48.5 Å². The van der Waals surface area contributed by atoms with Gasteiger partial charge in [0.2, 0.25) is 0 Å². The van der Waals surface area contributed by atoms with Crippen LogP contribution in [0.5, 0.6) is 0 Å². The summed E-state index contributed by atoms with van der Waals surface area (Å²) in [5, 5.41) is -2.52. The number of benzene rings is 2. The van der Waals surface area contributed by atoms with E-state index in [2.05, 4.69) is 0 Å². The first-order valence-corrected chi connectivity index (χ1v) is 11.1. The minimum atomic E-state index is -7.11. The zero-order valence-electron chi connectivity index (χ0n) is 17.0. The fraction of sp³-hybridized carbons (Fsp3) is 0.429. The van der Waals surface area contributed by atoms with Crippen molar-refractivity contribution in [1.82, 2.24) is 0 Å². The first kappa shape index (κ1) is 26.3. The molecule has 1 atom stereocenters. The maximum atomic E-state index is 14.4. The first-order chi connectivity index (χ1) is 15.5. The van der Waals surface area contributed by atoms with Gasteiger partial charge in [-0.1, -0.05) is 60.7 Å². The second-order valence-electron chi connectivity index (χ2n) is 7.95. The minimum absolute atomic E-state index is 0.344. The zero-order chi connectivity index (χ0) is 25.6. The third-order valence-corrected chi connectivity index (χ3v) is 7.40. The van der Waals surface area contributed by atoms with Crippen molar-refractivity contribution in [2.24, 2.45) is 0 Å². The molecule has 1 aliphatic heterocycles. The summed E-state index contributed by atoms with van der Waals surface area (Å²) in [5.74, 6) is -20.1. The molecule has 0 saturated carbocycles. The van der Waals surface area contributed by atoms with Gasteiger partial charge in [-0.2, -0.15) is 47.9 Å². The van der Waals surface area contributed by atoms with E-state index >= 15 is 0 Å². The van der Waals surface area contributed by atoms with E-state index in [-0.39, 0.29) is 0 Å². The largest absolute Gasteiger partial charge is 0.460 e. The van der Waals surface area contributed by atoms with E-state index < -0.39 is 64.2 Å². The molecule has 34 heavy (non-hydrogen) atoms. The normalized spacial score (nSPS) is 21.3.